The predicted octanol–water partition coefficient (Wildman–Crippen LogP) is 3.89. The number of hydrogen-bond donors (Lipinski definition) is 0. The second kappa shape index (κ2) is 7.75. The van der Waals surface area contributed by atoms with Gasteiger partial charge in [-0.15, -0.1) is 0 Å². The highest BCUT2D eigenvalue weighted by Gasteiger charge is 2.23. The molecule has 0 saturated heterocycles. The van der Waals surface area contributed by atoms with Crippen LogP contribution in [0.3, 0.4) is 0 Å². The molecule has 1 aromatic heterocycles. The summed E-state index contributed by atoms with van der Waals surface area (Å²) in [6.07, 6.45) is 0.742. The monoisotopic (exact) mass is 335 g/mol. The molecule has 2 aromatic carbocycles. The minimum atomic E-state index is -0.164. The lowest BCUT2D eigenvalue weighted by Gasteiger charge is -2.22. The summed E-state index contributed by atoms with van der Waals surface area (Å²) in [5.41, 5.74) is 1.92. The highest BCUT2D eigenvalue weighted by Crippen LogP contribution is 2.22. The standard InChI is InChI=1S/C20H21N3O2/c1-3-17(15-10-6-4-7-11-15)20(24)23(2)14-18-21-19(22-25-18)16-12-8-5-9-13-16/h4-13,17H,3,14H2,1-2H3/t17-/m1/s1. The van der Waals surface area contributed by atoms with Crippen LogP contribution in [0.5, 0.6) is 0 Å². The van der Waals surface area contributed by atoms with Gasteiger partial charge in [0.2, 0.25) is 17.6 Å². The van der Waals surface area contributed by atoms with Crippen molar-refractivity contribution in [2.24, 2.45) is 0 Å². The SMILES string of the molecule is CC[C@@H](C(=O)N(C)Cc1nc(-c2ccccc2)no1)c1ccccc1. The molecule has 128 valence electrons. The minimum absolute atomic E-state index is 0.0492. The Balaban J connectivity index is 1.70. The number of benzene rings is 2. The molecule has 1 heterocycles. The van der Waals surface area contributed by atoms with Crippen LogP contribution in [0.4, 0.5) is 0 Å². The first kappa shape index (κ1) is 16.9. The van der Waals surface area contributed by atoms with Crippen LogP contribution in [0, 0.1) is 0 Å². The van der Waals surface area contributed by atoms with E-state index in [0.717, 1.165) is 17.5 Å². The van der Waals surface area contributed by atoms with Gasteiger partial charge in [0.25, 0.3) is 0 Å². The van der Waals surface area contributed by atoms with Crippen molar-refractivity contribution < 1.29 is 9.32 Å². The molecule has 3 rings (SSSR count). The third-order valence-corrected chi connectivity index (χ3v) is 4.16. The molecule has 0 radical (unpaired) electrons. The average molecular weight is 335 g/mol. The lowest BCUT2D eigenvalue weighted by atomic mass is 9.95. The molecule has 0 N–H and O–H groups in total. The molecule has 5 heteroatoms. The molecule has 5 nitrogen and oxygen atoms in total. The zero-order chi connectivity index (χ0) is 17.6. The van der Waals surface area contributed by atoms with Gasteiger partial charge in [-0.3, -0.25) is 4.79 Å². The number of carbonyl (C=O) groups excluding carboxylic acids is 1. The van der Waals surface area contributed by atoms with Crippen LogP contribution < -0.4 is 0 Å². The normalized spacial score (nSPS) is 11.9. The smallest absolute Gasteiger partial charge is 0.246 e. The van der Waals surface area contributed by atoms with Crippen LogP contribution >= 0.6 is 0 Å². The van der Waals surface area contributed by atoms with Crippen molar-refractivity contribution in [3.05, 3.63) is 72.1 Å². The predicted molar refractivity (Wildman–Crippen MR) is 95.7 cm³/mol. The number of hydrogen-bond acceptors (Lipinski definition) is 4. The Morgan fingerprint density at radius 1 is 1.08 bits per heavy atom. The Hall–Kier alpha value is -2.95. The summed E-state index contributed by atoms with van der Waals surface area (Å²) in [4.78, 5) is 18.8. The fourth-order valence-corrected chi connectivity index (χ4v) is 2.81. The summed E-state index contributed by atoms with van der Waals surface area (Å²) in [6.45, 7) is 2.31. The Morgan fingerprint density at radius 2 is 1.72 bits per heavy atom. The summed E-state index contributed by atoms with van der Waals surface area (Å²) < 4.78 is 5.30. The molecule has 3 aromatic rings. The topological polar surface area (TPSA) is 59.2 Å². The van der Waals surface area contributed by atoms with Crippen molar-refractivity contribution in [2.45, 2.75) is 25.8 Å². The van der Waals surface area contributed by atoms with E-state index >= 15 is 0 Å². The van der Waals surface area contributed by atoms with Crippen LogP contribution in [-0.4, -0.2) is 28.0 Å². The zero-order valence-corrected chi connectivity index (χ0v) is 14.4. The Labute approximate surface area is 147 Å². The van der Waals surface area contributed by atoms with Gasteiger partial charge in [0.05, 0.1) is 12.5 Å². The lowest BCUT2D eigenvalue weighted by molar-refractivity contribution is -0.132. The van der Waals surface area contributed by atoms with E-state index < -0.39 is 0 Å². The number of likely N-dealkylation sites (N-methyl/N-ethyl adjacent to an activating group) is 1. The van der Waals surface area contributed by atoms with Gasteiger partial charge in [0.1, 0.15) is 0 Å². The minimum Gasteiger partial charge on any atom is -0.337 e. The average Bonchev–Trinajstić information content (AvgIpc) is 3.12. The molecule has 25 heavy (non-hydrogen) atoms. The Kier molecular flexibility index (Phi) is 5.23. The molecule has 0 bridgehead atoms. The van der Waals surface area contributed by atoms with Gasteiger partial charge in [0.15, 0.2) is 0 Å². The lowest BCUT2D eigenvalue weighted by Crippen LogP contribution is -2.31. The fraction of sp³-hybridized carbons (Fsp3) is 0.250. The Bertz CT molecular complexity index is 815. The fourth-order valence-electron chi connectivity index (χ4n) is 2.81. The van der Waals surface area contributed by atoms with Crippen LogP contribution in [0.15, 0.2) is 65.2 Å². The third-order valence-electron chi connectivity index (χ3n) is 4.16. The van der Waals surface area contributed by atoms with Crippen molar-refractivity contribution in [3.63, 3.8) is 0 Å². The summed E-state index contributed by atoms with van der Waals surface area (Å²) in [5.74, 6) is 0.847. The van der Waals surface area contributed by atoms with E-state index in [1.54, 1.807) is 11.9 Å². The molecule has 0 spiro atoms. The van der Waals surface area contributed by atoms with Crippen LogP contribution in [0.2, 0.25) is 0 Å². The van der Waals surface area contributed by atoms with Crippen LogP contribution in [-0.2, 0) is 11.3 Å². The molecule has 1 amide bonds. The molecule has 0 aliphatic heterocycles. The van der Waals surface area contributed by atoms with Gasteiger partial charge in [0, 0.05) is 12.6 Å². The van der Waals surface area contributed by atoms with Crippen molar-refractivity contribution in [1.82, 2.24) is 15.0 Å². The van der Waals surface area contributed by atoms with Crippen molar-refractivity contribution in [3.8, 4) is 11.4 Å². The van der Waals surface area contributed by atoms with Crippen LogP contribution in [0.1, 0.15) is 30.7 Å². The van der Waals surface area contributed by atoms with E-state index in [0.29, 0.717) is 18.3 Å². The second-order valence-corrected chi connectivity index (χ2v) is 5.94. The first-order valence-electron chi connectivity index (χ1n) is 8.37. The molecule has 0 aliphatic carbocycles. The highest BCUT2D eigenvalue weighted by atomic mass is 16.5. The van der Waals surface area contributed by atoms with Gasteiger partial charge in [-0.1, -0.05) is 72.7 Å². The van der Waals surface area contributed by atoms with Gasteiger partial charge in [-0.25, -0.2) is 0 Å². The van der Waals surface area contributed by atoms with E-state index in [1.165, 1.54) is 0 Å². The summed E-state index contributed by atoms with van der Waals surface area (Å²) >= 11 is 0. The molecule has 0 saturated carbocycles. The zero-order valence-electron chi connectivity index (χ0n) is 14.4. The van der Waals surface area contributed by atoms with Crippen molar-refractivity contribution in [2.75, 3.05) is 7.05 Å². The van der Waals surface area contributed by atoms with Gasteiger partial charge >= 0.3 is 0 Å². The summed E-state index contributed by atoms with van der Waals surface area (Å²) in [5, 5.41) is 4.00. The maximum absolute atomic E-state index is 12.8. The molecule has 0 fully saturated rings. The van der Waals surface area contributed by atoms with E-state index in [1.807, 2.05) is 67.6 Å². The number of nitrogens with zero attached hydrogens (tertiary/aromatic N) is 3. The van der Waals surface area contributed by atoms with Crippen LogP contribution in [0.25, 0.3) is 11.4 Å². The number of carbonyl (C=O) groups is 1. The van der Waals surface area contributed by atoms with E-state index in [-0.39, 0.29) is 11.8 Å². The Morgan fingerprint density at radius 3 is 2.36 bits per heavy atom. The largest absolute Gasteiger partial charge is 0.337 e. The molecular weight excluding hydrogens is 314 g/mol. The maximum atomic E-state index is 12.8. The van der Waals surface area contributed by atoms with Gasteiger partial charge < -0.3 is 9.42 Å². The number of amides is 1. The van der Waals surface area contributed by atoms with E-state index in [9.17, 15) is 4.79 Å². The number of aromatic nitrogens is 2. The molecule has 0 aliphatic rings. The van der Waals surface area contributed by atoms with Gasteiger partial charge in [-0.2, -0.15) is 4.98 Å². The summed E-state index contributed by atoms with van der Waals surface area (Å²) in [7, 11) is 1.76. The first-order chi connectivity index (χ1) is 12.2. The quantitative estimate of drug-likeness (QED) is 0.686. The van der Waals surface area contributed by atoms with Crippen molar-refractivity contribution in [1.29, 1.82) is 0 Å². The summed E-state index contributed by atoms with van der Waals surface area (Å²) in [6, 6.07) is 19.5. The maximum Gasteiger partial charge on any atom is 0.246 e. The highest BCUT2D eigenvalue weighted by molar-refractivity contribution is 5.83. The molecular formula is C20H21N3O2. The first-order valence-corrected chi connectivity index (χ1v) is 8.37. The van der Waals surface area contributed by atoms with Gasteiger partial charge in [-0.05, 0) is 12.0 Å². The third kappa shape index (κ3) is 3.94. The van der Waals surface area contributed by atoms with E-state index in [4.69, 9.17) is 4.52 Å². The van der Waals surface area contributed by atoms with Crippen molar-refractivity contribution >= 4 is 5.91 Å². The molecule has 1 atom stereocenters. The van der Waals surface area contributed by atoms with E-state index in [2.05, 4.69) is 10.1 Å². The molecule has 0 unspecified atom stereocenters. The second-order valence-electron chi connectivity index (χ2n) is 5.94. The number of rotatable bonds is 6.